The van der Waals surface area contributed by atoms with Gasteiger partial charge in [-0.05, 0) is 223 Å². The number of benzene rings is 6. The van der Waals surface area contributed by atoms with Crippen LogP contribution >= 0.6 is 0 Å². The van der Waals surface area contributed by atoms with Crippen molar-refractivity contribution >= 4 is 39.2 Å². The van der Waals surface area contributed by atoms with E-state index in [4.69, 9.17) is 5.73 Å². The van der Waals surface area contributed by atoms with Crippen LogP contribution in [0.25, 0.3) is 22.3 Å². The van der Waals surface area contributed by atoms with Crippen molar-refractivity contribution in [3.05, 3.63) is 239 Å². The van der Waals surface area contributed by atoms with Gasteiger partial charge in [-0.15, -0.1) is 0 Å². The summed E-state index contributed by atoms with van der Waals surface area (Å²) in [6.07, 6.45) is 21.6. The van der Waals surface area contributed by atoms with Gasteiger partial charge in [0, 0.05) is 48.8 Å². The van der Waals surface area contributed by atoms with Gasteiger partial charge in [-0.2, -0.15) is 0 Å². The Bertz CT molecular complexity index is 3720. The average Bonchev–Trinajstić information content (AvgIpc) is 0.805. The Morgan fingerprint density at radius 3 is 1.15 bits per heavy atom. The van der Waals surface area contributed by atoms with E-state index in [9.17, 15) is 36.8 Å². The molecule has 6 aromatic carbocycles. The molecule has 8 N–H and O–H groups in total. The second-order valence-electron chi connectivity index (χ2n) is 30.7. The lowest BCUT2D eigenvalue weighted by Gasteiger charge is -2.40. The molecule has 5 atom stereocenters. The molecule has 4 aliphatic rings. The van der Waals surface area contributed by atoms with Crippen LogP contribution in [-0.2, 0) is 50.8 Å². The minimum atomic E-state index is -1.06. The lowest BCUT2D eigenvalue weighted by Crippen LogP contribution is -2.53. The third kappa shape index (κ3) is 24.0. The van der Waals surface area contributed by atoms with Gasteiger partial charge in [0.1, 0.15) is 23.3 Å². The van der Waals surface area contributed by atoms with Gasteiger partial charge in [0.05, 0.1) is 39.5 Å². The summed E-state index contributed by atoms with van der Waals surface area (Å²) < 4.78 is 70.2. The van der Waals surface area contributed by atoms with Crippen molar-refractivity contribution in [3.63, 3.8) is 0 Å². The number of aliphatic hydroxyl groups is 2. The number of allylic oxidation sites excluding steroid dienone is 4. The van der Waals surface area contributed by atoms with Crippen molar-refractivity contribution in [1.29, 1.82) is 0 Å². The van der Waals surface area contributed by atoms with E-state index in [0.717, 1.165) is 128 Å². The molecule has 9 nitrogen and oxygen atoms in total. The zero-order chi connectivity index (χ0) is 73.7. The van der Waals surface area contributed by atoms with E-state index in [0.29, 0.717) is 24.1 Å². The van der Waals surface area contributed by atoms with E-state index in [1.165, 1.54) is 110 Å². The van der Waals surface area contributed by atoms with Crippen LogP contribution in [0.3, 0.4) is 0 Å². The SMILES string of the molecule is C=C(C)c1cccc(C2(N)CCCCC2)c1.C=C(C)c1cccc(C2(NC[C@@H](O)[C@@H](C)Cc3cc(F)cc(F)c3)CCCCC2)c1.C=C(C)c1cccc(C2(NC[C@@H](O)[C@H](Cc3cc(F)cc(F)c3)NC(C)=O)CCCCC2)c1.C=C(C)c1cccc(C2(NS(=O)C(C)(C)C)CCCCC2)c1. The fourth-order valence-electron chi connectivity index (χ4n) is 14.9. The maximum absolute atomic E-state index is 13.7. The minimum absolute atomic E-state index is 0.0935. The zero-order valence-electron chi connectivity index (χ0n) is 62.0. The molecule has 6 aromatic rings. The minimum Gasteiger partial charge on any atom is -0.392 e. The number of aliphatic hydroxyl groups excluding tert-OH is 2. The lowest BCUT2D eigenvalue weighted by atomic mass is 9.75. The predicted molar refractivity (Wildman–Crippen MR) is 414 cm³/mol. The Morgan fingerprint density at radius 2 is 0.792 bits per heavy atom. The van der Waals surface area contributed by atoms with Crippen molar-refractivity contribution in [2.45, 2.75) is 249 Å². The van der Waals surface area contributed by atoms with Gasteiger partial charge >= 0.3 is 0 Å². The number of carbonyl (C=O) groups excluding carboxylic acids is 1. The average molecular weight is 1400 g/mol. The van der Waals surface area contributed by atoms with E-state index < -0.39 is 52.5 Å². The number of rotatable bonds is 23. The number of hydrogen-bond acceptors (Lipinski definition) is 7. The first kappa shape index (κ1) is 81.7. The molecule has 0 spiro atoms. The molecule has 4 saturated carbocycles. The molecule has 0 saturated heterocycles. The topological polar surface area (TPSA) is 149 Å². The monoisotopic (exact) mass is 1400 g/mol. The van der Waals surface area contributed by atoms with Crippen LogP contribution in [0.15, 0.2) is 160 Å². The van der Waals surface area contributed by atoms with Crippen LogP contribution in [0.2, 0.25) is 0 Å². The molecule has 0 aliphatic heterocycles. The summed E-state index contributed by atoms with van der Waals surface area (Å²) in [5, 5.41) is 31.8. The molecule has 4 fully saturated rings. The highest BCUT2D eigenvalue weighted by atomic mass is 32.2. The maximum atomic E-state index is 13.7. The number of hydrogen-bond donors (Lipinski definition) is 7. The fraction of sp³-hybridized carbons (Fsp3) is 0.483. The molecule has 10 rings (SSSR count). The standard InChI is InChI=1S/C27H34F2N2O2.C26H33F2NO.C19H29NOS.C15H21N/c1-18(2)21-8-7-9-22(15-21)27(10-5-4-6-11-27)30-17-26(33)25(31-19(3)32)14-20-12-23(28)16-24(29)13-20;1-18(2)21-8-7-9-22(15-21)26(10-5-4-6-11-26)29-17-25(30)19(3)12-20-13-23(27)16-24(28)14-20;1-15(2)16-10-9-11-17(14-16)19(12-7-6-8-13-19)20-22(21)18(3,4)5;1-12(2)13-7-6-8-14(11-13)15(16)9-4-3-5-10-15/h7-9,12-13,15-16,25-26,30,33H,1,4-6,10-11,14,17H2,2-3H3,(H,31,32);7-9,13-16,19,25,29-30H,1,4-6,10-12,17H2,2-3H3;9-11,14,20H,1,6-8,12-13H2,2-5H3;6-8,11H,1,3-5,9-10,16H2,2H3/t25-,26+;19-,25+;;/m00../s1. The van der Waals surface area contributed by atoms with Gasteiger partial charge < -0.3 is 31.9 Å². The van der Waals surface area contributed by atoms with E-state index in [-0.39, 0.29) is 51.7 Å². The van der Waals surface area contributed by atoms with Gasteiger partial charge in [0.25, 0.3) is 0 Å². The fourth-order valence-corrected chi connectivity index (χ4v) is 15.9. The van der Waals surface area contributed by atoms with Gasteiger partial charge in [0.2, 0.25) is 5.91 Å². The quantitative estimate of drug-likeness (QED) is 0.0316. The highest BCUT2D eigenvalue weighted by Crippen LogP contribution is 2.42. The Hall–Kier alpha value is -6.62. The molecule has 14 heteroatoms. The van der Waals surface area contributed by atoms with Crippen molar-refractivity contribution in [3.8, 4) is 0 Å². The molecule has 0 bridgehead atoms. The number of carbonyl (C=O) groups is 1. The van der Waals surface area contributed by atoms with Crippen LogP contribution in [-0.4, -0.2) is 56.4 Å². The molecule has 1 amide bonds. The van der Waals surface area contributed by atoms with Gasteiger partial charge in [-0.1, -0.05) is 205 Å². The second-order valence-corrected chi connectivity index (χ2v) is 32.7. The molecule has 4 aliphatic carbocycles. The number of nitrogens with one attached hydrogen (secondary N) is 4. The van der Waals surface area contributed by atoms with Crippen LogP contribution in [0.5, 0.6) is 0 Å². The third-order valence-corrected chi connectivity index (χ3v) is 22.7. The highest BCUT2D eigenvalue weighted by Gasteiger charge is 2.40. The normalized spacial score (nSPS) is 18.3. The zero-order valence-corrected chi connectivity index (χ0v) is 62.8. The molecule has 0 radical (unpaired) electrons. The van der Waals surface area contributed by atoms with Crippen molar-refractivity contribution in [2.75, 3.05) is 13.1 Å². The van der Waals surface area contributed by atoms with E-state index in [2.05, 4.69) is 132 Å². The molecular weight excluding hydrogens is 1290 g/mol. The first-order valence-electron chi connectivity index (χ1n) is 36.9. The van der Waals surface area contributed by atoms with Crippen LogP contribution in [0, 0.1) is 29.2 Å². The first-order chi connectivity index (χ1) is 47.8. The van der Waals surface area contributed by atoms with E-state index in [1.807, 2.05) is 67.5 Å². The van der Waals surface area contributed by atoms with Crippen molar-refractivity contribution < 1.29 is 36.8 Å². The Balaban J connectivity index is 0.000000195. The summed E-state index contributed by atoms with van der Waals surface area (Å²) in [6, 6.07) is 40.2. The van der Waals surface area contributed by atoms with Crippen molar-refractivity contribution in [2.24, 2.45) is 11.7 Å². The van der Waals surface area contributed by atoms with Crippen LogP contribution in [0.4, 0.5) is 17.6 Å². The first-order valence-corrected chi connectivity index (χ1v) is 38.1. The predicted octanol–water partition coefficient (Wildman–Crippen LogP) is 19.6. The smallest absolute Gasteiger partial charge is 0.217 e. The molecule has 0 heterocycles. The van der Waals surface area contributed by atoms with E-state index >= 15 is 0 Å². The molecule has 548 valence electrons. The Labute approximate surface area is 605 Å². The number of amides is 1. The number of nitrogens with two attached hydrogens (primary N) is 1. The van der Waals surface area contributed by atoms with E-state index in [1.54, 1.807) is 0 Å². The lowest BCUT2D eigenvalue weighted by molar-refractivity contribution is -0.120. The second kappa shape index (κ2) is 37.7. The van der Waals surface area contributed by atoms with Crippen LogP contribution < -0.4 is 26.4 Å². The largest absolute Gasteiger partial charge is 0.392 e. The number of halogens is 4. The molecule has 101 heavy (non-hydrogen) atoms. The molecule has 1 unspecified atom stereocenters. The summed E-state index contributed by atoms with van der Waals surface area (Å²) in [5.74, 6) is -2.96. The maximum Gasteiger partial charge on any atom is 0.217 e. The van der Waals surface area contributed by atoms with Crippen molar-refractivity contribution in [1.82, 2.24) is 20.7 Å². The van der Waals surface area contributed by atoms with Gasteiger partial charge in [-0.3, -0.25) is 4.79 Å². The summed E-state index contributed by atoms with van der Waals surface area (Å²) in [4.78, 5) is 11.8. The van der Waals surface area contributed by atoms with Crippen LogP contribution in [0.1, 0.15) is 246 Å². The summed E-state index contributed by atoms with van der Waals surface area (Å²) in [5.41, 5.74) is 20.6. The third-order valence-electron chi connectivity index (χ3n) is 21.0. The van der Waals surface area contributed by atoms with Gasteiger partial charge in [0.15, 0.2) is 0 Å². The van der Waals surface area contributed by atoms with Gasteiger partial charge in [-0.25, -0.2) is 26.5 Å². The Kier molecular flexibility index (Phi) is 30.5. The highest BCUT2D eigenvalue weighted by molar-refractivity contribution is 7.84. The molecule has 0 aromatic heterocycles. The Morgan fingerprint density at radius 1 is 0.475 bits per heavy atom. The summed E-state index contributed by atoms with van der Waals surface area (Å²) in [7, 11) is -1.06. The molecular formula is C87H117F4N5O4S. The summed E-state index contributed by atoms with van der Waals surface area (Å²) in [6.45, 7) is 34.3. The summed E-state index contributed by atoms with van der Waals surface area (Å²) >= 11 is 0.